The molecule has 1 aliphatic rings. The van der Waals surface area contributed by atoms with E-state index < -0.39 is 49.5 Å². The summed E-state index contributed by atoms with van der Waals surface area (Å²) in [4.78, 5) is 13.0. The molecule has 9 nitrogen and oxygen atoms in total. The lowest BCUT2D eigenvalue weighted by Gasteiger charge is -2.40. The van der Waals surface area contributed by atoms with Crippen LogP contribution in [0.5, 0.6) is 0 Å². The molecule has 1 heterocycles. The van der Waals surface area contributed by atoms with E-state index in [9.17, 15) is 30.3 Å². The molecule has 0 bridgehead atoms. The van der Waals surface area contributed by atoms with E-state index in [4.69, 9.17) is 9.47 Å². The fourth-order valence-electron chi connectivity index (χ4n) is 7.54. The molecule has 0 aromatic carbocycles. The number of nitrogens with one attached hydrogen (secondary N) is 1. The lowest BCUT2D eigenvalue weighted by atomic mass is 9.99. The van der Waals surface area contributed by atoms with Crippen LogP contribution in [-0.2, 0) is 14.3 Å². The SMILES string of the molecule is CCCCCCCCCCC/C=C/CC/C=C/CC/C=C/C(O)C(COC1OC(CO)C(O)C(O)C1O)NC(=O)CCCCCCCCCCCCCCCCCC. The maximum Gasteiger partial charge on any atom is 0.220 e. The second-order valence-corrected chi connectivity index (χ2v) is 16.9. The van der Waals surface area contributed by atoms with E-state index >= 15 is 0 Å². The molecule has 9 heteroatoms. The molecular weight excluding hydrogens is 731 g/mol. The van der Waals surface area contributed by atoms with Gasteiger partial charge < -0.3 is 40.3 Å². The summed E-state index contributed by atoms with van der Waals surface area (Å²) in [6, 6.07) is -0.824. The van der Waals surface area contributed by atoms with E-state index in [1.54, 1.807) is 6.08 Å². The van der Waals surface area contributed by atoms with Gasteiger partial charge in [0.05, 0.1) is 25.4 Å². The number of aliphatic hydroxyl groups excluding tert-OH is 5. The normalized spacial score (nSPS) is 21.1. The molecule has 0 saturated carbocycles. The Morgan fingerprint density at radius 2 is 0.983 bits per heavy atom. The Balaban J connectivity index is 2.37. The number of aliphatic hydroxyl groups is 5. The number of allylic oxidation sites excluding steroid dienone is 5. The van der Waals surface area contributed by atoms with Crippen LogP contribution in [0.25, 0.3) is 0 Å². The minimum Gasteiger partial charge on any atom is -0.394 e. The van der Waals surface area contributed by atoms with Crippen LogP contribution in [-0.4, -0.2) is 87.5 Å². The number of amides is 1. The number of carbonyl (C=O) groups is 1. The van der Waals surface area contributed by atoms with Crippen molar-refractivity contribution in [2.24, 2.45) is 0 Å². The summed E-state index contributed by atoms with van der Waals surface area (Å²) >= 11 is 0. The number of carbonyl (C=O) groups excluding carboxylic acids is 1. The van der Waals surface area contributed by atoms with E-state index in [2.05, 4.69) is 43.5 Å². The molecule has 1 saturated heterocycles. The molecule has 1 rings (SSSR count). The first-order chi connectivity index (χ1) is 28.3. The van der Waals surface area contributed by atoms with Crippen LogP contribution in [0.3, 0.4) is 0 Å². The zero-order valence-corrected chi connectivity index (χ0v) is 37.3. The van der Waals surface area contributed by atoms with Crippen molar-refractivity contribution >= 4 is 5.91 Å². The molecule has 6 N–H and O–H groups in total. The quantitative estimate of drug-likeness (QED) is 0.0264. The summed E-state index contributed by atoms with van der Waals surface area (Å²) < 4.78 is 11.2. The van der Waals surface area contributed by atoms with Gasteiger partial charge >= 0.3 is 0 Å². The average molecular weight is 822 g/mol. The molecule has 1 amide bonds. The van der Waals surface area contributed by atoms with E-state index in [1.165, 1.54) is 148 Å². The highest BCUT2D eigenvalue weighted by Gasteiger charge is 2.44. The van der Waals surface area contributed by atoms with Crippen molar-refractivity contribution in [2.45, 2.75) is 256 Å². The number of hydrogen-bond donors (Lipinski definition) is 6. The van der Waals surface area contributed by atoms with Crippen molar-refractivity contribution in [1.82, 2.24) is 5.32 Å². The van der Waals surface area contributed by atoms with Gasteiger partial charge in [0.1, 0.15) is 24.4 Å². The third-order valence-corrected chi connectivity index (χ3v) is 11.4. The van der Waals surface area contributed by atoms with Crippen molar-refractivity contribution in [3.05, 3.63) is 36.5 Å². The number of unbranched alkanes of at least 4 members (excludes halogenated alkanes) is 26. The predicted octanol–water partition coefficient (Wildman–Crippen LogP) is 10.5. The first-order valence-electron chi connectivity index (χ1n) is 24.2. The third-order valence-electron chi connectivity index (χ3n) is 11.4. The van der Waals surface area contributed by atoms with E-state index in [-0.39, 0.29) is 12.5 Å². The van der Waals surface area contributed by atoms with Crippen molar-refractivity contribution in [3.8, 4) is 0 Å². The average Bonchev–Trinajstić information content (AvgIpc) is 3.22. The maximum atomic E-state index is 13.0. The molecular formula is C49H91NO8. The summed E-state index contributed by atoms with van der Waals surface area (Å²) in [6.07, 6.45) is 41.9. The van der Waals surface area contributed by atoms with Crippen LogP contribution in [0.4, 0.5) is 0 Å². The van der Waals surface area contributed by atoms with Crippen LogP contribution < -0.4 is 5.32 Å². The third kappa shape index (κ3) is 29.6. The second kappa shape index (κ2) is 39.5. The van der Waals surface area contributed by atoms with Gasteiger partial charge in [0, 0.05) is 6.42 Å². The first-order valence-corrected chi connectivity index (χ1v) is 24.2. The molecule has 7 unspecified atom stereocenters. The zero-order chi connectivity index (χ0) is 42.3. The fraction of sp³-hybridized carbons (Fsp3) is 0.857. The smallest absolute Gasteiger partial charge is 0.220 e. The minimum absolute atomic E-state index is 0.189. The topological polar surface area (TPSA) is 149 Å². The van der Waals surface area contributed by atoms with Gasteiger partial charge in [0.2, 0.25) is 5.91 Å². The largest absolute Gasteiger partial charge is 0.394 e. The van der Waals surface area contributed by atoms with Gasteiger partial charge in [-0.15, -0.1) is 0 Å². The Morgan fingerprint density at radius 3 is 1.45 bits per heavy atom. The van der Waals surface area contributed by atoms with Gasteiger partial charge in [-0.2, -0.15) is 0 Å². The standard InChI is InChI=1S/C49H91NO8/c1-3-5-7-9-11-13-15-17-19-21-22-23-24-26-28-30-32-34-36-38-43(52)42(41-57-49-48(56)47(55)46(54)44(40-51)58-49)50-45(53)39-37-35-33-31-29-27-25-20-18-16-14-12-10-8-6-4-2/h22-23,28,30,36,38,42-44,46-49,51-52,54-56H,3-21,24-27,29,31-35,37,39-41H2,1-2H3,(H,50,53)/b23-22+,30-28+,38-36+. The van der Waals surface area contributed by atoms with Crippen molar-refractivity contribution < 1.29 is 39.8 Å². The highest BCUT2D eigenvalue weighted by molar-refractivity contribution is 5.76. The fourth-order valence-corrected chi connectivity index (χ4v) is 7.54. The molecule has 340 valence electrons. The van der Waals surface area contributed by atoms with Gasteiger partial charge in [-0.3, -0.25) is 4.79 Å². The van der Waals surface area contributed by atoms with Gasteiger partial charge in [-0.25, -0.2) is 0 Å². The van der Waals surface area contributed by atoms with Crippen LogP contribution in [0, 0.1) is 0 Å². The zero-order valence-electron chi connectivity index (χ0n) is 37.3. The lowest BCUT2D eigenvalue weighted by molar-refractivity contribution is -0.302. The van der Waals surface area contributed by atoms with Gasteiger partial charge in [-0.05, 0) is 44.9 Å². The Kier molecular flexibility index (Phi) is 37.1. The summed E-state index contributed by atoms with van der Waals surface area (Å²) in [7, 11) is 0. The molecule has 0 aromatic rings. The lowest BCUT2D eigenvalue weighted by Crippen LogP contribution is -2.60. The molecule has 58 heavy (non-hydrogen) atoms. The van der Waals surface area contributed by atoms with Gasteiger partial charge in [0.25, 0.3) is 0 Å². The summed E-state index contributed by atoms with van der Waals surface area (Å²) in [6.45, 7) is 3.76. The number of rotatable bonds is 40. The number of ether oxygens (including phenoxy) is 2. The Morgan fingerprint density at radius 1 is 0.569 bits per heavy atom. The molecule has 0 aromatic heterocycles. The monoisotopic (exact) mass is 822 g/mol. The van der Waals surface area contributed by atoms with Crippen molar-refractivity contribution in [2.75, 3.05) is 13.2 Å². The Labute approximate surface area is 355 Å². The highest BCUT2D eigenvalue weighted by Crippen LogP contribution is 2.22. The van der Waals surface area contributed by atoms with Gasteiger partial charge in [-0.1, -0.05) is 198 Å². The molecule has 1 aliphatic heterocycles. The predicted molar refractivity (Wildman–Crippen MR) is 240 cm³/mol. The maximum absolute atomic E-state index is 13.0. The molecule has 0 radical (unpaired) electrons. The minimum atomic E-state index is -1.57. The second-order valence-electron chi connectivity index (χ2n) is 16.9. The van der Waals surface area contributed by atoms with E-state index in [0.717, 1.165) is 44.9 Å². The van der Waals surface area contributed by atoms with Crippen LogP contribution in [0.1, 0.15) is 213 Å². The van der Waals surface area contributed by atoms with Crippen LogP contribution >= 0.6 is 0 Å². The van der Waals surface area contributed by atoms with Crippen LogP contribution in [0.15, 0.2) is 36.5 Å². The van der Waals surface area contributed by atoms with E-state index in [1.807, 2.05) is 6.08 Å². The van der Waals surface area contributed by atoms with E-state index in [0.29, 0.717) is 6.42 Å². The summed E-state index contributed by atoms with van der Waals surface area (Å²) in [5.74, 6) is -0.189. The molecule has 1 fully saturated rings. The highest BCUT2D eigenvalue weighted by atomic mass is 16.7. The summed E-state index contributed by atoms with van der Waals surface area (Å²) in [5, 5.41) is 54.2. The van der Waals surface area contributed by atoms with Crippen LogP contribution in [0.2, 0.25) is 0 Å². The van der Waals surface area contributed by atoms with Crippen molar-refractivity contribution in [3.63, 3.8) is 0 Å². The Hall–Kier alpha value is -1.59. The van der Waals surface area contributed by atoms with Gasteiger partial charge in [0.15, 0.2) is 6.29 Å². The first kappa shape index (κ1) is 54.4. The molecule has 7 atom stereocenters. The molecule has 0 aliphatic carbocycles. The molecule has 0 spiro atoms. The summed E-state index contributed by atoms with van der Waals surface area (Å²) in [5.41, 5.74) is 0. The number of hydrogen-bond acceptors (Lipinski definition) is 8. The Bertz CT molecular complexity index is 1000. The van der Waals surface area contributed by atoms with Crippen molar-refractivity contribution in [1.29, 1.82) is 0 Å².